The minimum absolute atomic E-state index is 0.0959. The van der Waals surface area contributed by atoms with Gasteiger partial charge in [-0.25, -0.2) is 0 Å². The number of benzene rings is 1. The normalized spacial score (nSPS) is 10.1. The van der Waals surface area contributed by atoms with Gasteiger partial charge in [0.25, 0.3) is 0 Å². The zero-order chi connectivity index (χ0) is 11.8. The molecule has 0 aromatic heterocycles. The highest BCUT2D eigenvalue weighted by molar-refractivity contribution is 8.00. The van der Waals surface area contributed by atoms with Crippen LogP contribution in [0.15, 0.2) is 24.3 Å². The molecule has 0 radical (unpaired) electrons. The van der Waals surface area contributed by atoms with Crippen molar-refractivity contribution in [2.75, 3.05) is 32.3 Å². The van der Waals surface area contributed by atoms with Crippen LogP contribution < -0.4 is 4.74 Å². The third kappa shape index (κ3) is 3.87. The number of para-hydroxylation sites is 1. The van der Waals surface area contributed by atoms with Crippen molar-refractivity contribution in [3.05, 3.63) is 29.8 Å². The maximum Gasteiger partial charge on any atom is 0.176 e. The van der Waals surface area contributed by atoms with Crippen molar-refractivity contribution in [3.8, 4) is 5.75 Å². The highest BCUT2D eigenvalue weighted by Crippen LogP contribution is 2.19. The molecule has 1 rings (SSSR count). The predicted molar refractivity (Wildman–Crippen MR) is 66.5 cm³/mol. The van der Waals surface area contributed by atoms with E-state index in [-0.39, 0.29) is 5.78 Å². The summed E-state index contributed by atoms with van der Waals surface area (Å²) in [5, 5.41) is 0. The van der Waals surface area contributed by atoms with Crippen LogP contribution in [0.4, 0.5) is 0 Å². The molecule has 88 valence electrons. The minimum Gasteiger partial charge on any atom is -0.496 e. The topological polar surface area (TPSA) is 35.5 Å². The minimum atomic E-state index is 0.0959. The standard InChI is InChI=1S/C12H16O3S/c1-14-7-8-16-9-11(13)10-5-3-4-6-12(10)15-2/h3-6H,7-9H2,1-2H3. The molecule has 0 amide bonds. The van der Waals surface area contributed by atoms with Crippen LogP contribution in [0.2, 0.25) is 0 Å². The highest BCUT2D eigenvalue weighted by atomic mass is 32.2. The molecule has 0 spiro atoms. The van der Waals surface area contributed by atoms with Gasteiger partial charge >= 0.3 is 0 Å². The largest absolute Gasteiger partial charge is 0.496 e. The summed E-state index contributed by atoms with van der Waals surface area (Å²) in [7, 11) is 3.23. The molecule has 0 aliphatic carbocycles. The smallest absolute Gasteiger partial charge is 0.176 e. The fourth-order valence-corrected chi connectivity index (χ4v) is 2.03. The van der Waals surface area contributed by atoms with Crippen LogP contribution in [0, 0.1) is 0 Å². The van der Waals surface area contributed by atoms with Gasteiger partial charge in [0, 0.05) is 12.9 Å². The van der Waals surface area contributed by atoms with E-state index >= 15 is 0 Å². The molecule has 0 heterocycles. The molecule has 0 atom stereocenters. The molecule has 16 heavy (non-hydrogen) atoms. The number of methoxy groups -OCH3 is 2. The quantitative estimate of drug-likeness (QED) is 0.541. The lowest BCUT2D eigenvalue weighted by Crippen LogP contribution is -2.06. The molecule has 4 heteroatoms. The Morgan fingerprint density at radius 2 is 2.06 bits per heavy atom. The van der Waals surface area contributed by atoms with Gasteiger partial charge in [0.2, 0.25) is 0 Å². The van der Waals surface area contributed by atoms with Gasteiger partial charge < -0.3 is 9.47 Å². The lowest BCUT2D eigenvalue weighted by atomic mass is 10.1. The molecule has 1 aromatic rings. The molecule has 0 saturated carbocycles. The van der Waals surface area contributed by atoms with Crippen LogP contribution in [0.25, 0.3) is 0 Å². The lowest BCUT2D eigenvalue weighted by Gasteiger charge is -2.06. The van der Waals surface area contributed by atoms with E-state index in [0.29, 0.717) is 23.7 Å². The van der Waals surface area contributed by atoms with Crippen LogP contribution in [0.3, 0.4) is 0 Å². The summed E-state index contributed by atoms with van der Waals surface area (Å²) < 4.78 is 10.1. The van der Waals surface area contributed by atoms with Crippen molar-refractivity contribution in [3.63, 3.8) is 0 Å². The third-order valence-electron chi connectivity index (χ3n) is 2.07. The fraction of sp³-hybridized carbons (Fsp3) is 0.417. The number of ketones is 1. The summed E-state index contributed by atoms with van der Waals surface area (Å²) in [6.45, 7) is 0.671. The zero-order valence-corrected chi connectivity index (χ0v) is 10.4. The lowest BCUT2D eigenvalue weighted by molar-refractivity contribution is 0.101. The van der Waals surface area contributed by atoms with Crippen molar-refractivity contribution >= 4 is 17.5 Å². The van der Waals surface area contributed by atoms with Gasteiger partial charge in [-0.1, -0.05) is 12.1 Å². The maximum atomic E-state index is 11.8. The van der Waals surface area contributed by atoms with E-state index in [1.807, 2.05) is 12.1 Å². The Labute approximate surface area is 100 Å². The SMILES string of the molecule is COCCSCC(=O)c1ccccc1OC. The first-order chi connectivity index (χ1) is 7.79. The number of carbonyl (C=O) groups excluding carboxylic acids is 1. The molecule has 0 N–H and O–H groups in total. The number of carbonyl (C=O) groups is 1. The molecule has 0 bridgehead atoms. The first-order valence-corrected chi connectivity index (χ1v) is 6.18. The fourth-order valence-electron chi connectivity index (χ4n) is 1.26. The Morgan fingerprint density at radius 3 is 2.75 bits per heavy atom. The Morgan fingerprint density at radius 1 is 1.31 bits per heavy atom. The summed E-state index contributed by atoms with van der Waals surface area (Å²) in [4.78, 5) is 11.8. The van der Waals surface area contributed by atoms with Crippen molar-refractivity contribution < 1.29 is 14.3 Å². The molecular weight excluding hydrogens is 224 g/mol. The van der Waals surface area contributed by atoms with Crippen molar-refractivity contribution in [2.45, 2.75) is 0 Å². The Balaban J connectivity index is 2.52. The Hall–Kier alpha value is -1.00. The number of hydrogen-bond acceptors (Lipinski definition) is 4. The van der Waals surface area contributed by atoms with Gasteiger partial charge in [-0.3, -0.25) is 4.79 Å². The van der Waals surface area contributed by atoms with Gasteiger partial charge in [0.15, 0.2) is 5.78 Å². The van der Waals surface area contributed by atoms with E-state index in [0.717, 1.165) is 5.75 Å². The van der Waals surface area contributed by atoms with Crippen LogP contribution in [0.1, 0.15) is 10.4 Å². The Bertz CT molecular complexity index is 339. The summed E-state index contributed by atoms with van der Waals surface area (Å²) in [5.41, 5.74) is 0.648. The molecule has 0 fully saturated rings. The third-order valence-corrected chi connectivity index (χ3v) is 2.99. The second-order valence-corrected chi connectivity index (χ2v) is 4.27. The van der Waals surface area contributed by atoms with E-state index in [1.165, 1.54) is 0 Å². The average Bonchev–Trinajstić information content (AvgIpc) is 2.34. The van der Waals surface area contributed by atoms with Gasteiger partial charge in [0.05, 0.1) is 25.0 Å². The second-order valence-electron chi connectivity index (χ2n) is 3.17. The zero-order valence-electron chi connectivity index (χ0n) is 9.56. The Kier molecular flexibility index (Phi) is 5.96. The number of thioether (sulfide) groups is 1. The van der Waals surface area contributed by atoms with E-state index < -0.39 is 0 Å². The van der Waals surface area contributed by atoms with Gasteiger partial charge in [-0.05, 0) is 12.1 Å². The van der Waals surface area contributed by atoms with Gasteiger partial charge in [0.1, 0.15) is 5.75 Å². The summed E-state index contributed by atoms with van der Waals surface area (Å²) >= 11 is 1.57. The first kappa shape index (κ1) is 13.1. The van der Waals surface area contributed by atoms with Crippen LogP contribution in [0.5, 0.6) is 5.75 Å². The molecule has 3 nitrogen and oxygen atoms in total. The second kappa shape index (κ2) is 7.30. The van der Waals surface area contributed by atoms with Gasteiger partial charge in [-0.15, -0.1) is 0 Å². The molecule has 0 saturated heterocycles. The molecule has 0 unspecified atom stereocenters. The summed E-state index contributed by atoms with van der Waals surface area (Å²) in [6.07, 6.45) is 0. The summed E-state index contributed by atoms with van der Waals surface area (Å²) in [5.74, 6) is 2.03. The van der Waals surface area contributed by atoms with Crippen molar-refractivity contribution in [1.29, 1.82) is 0 Å². The predicted octanol–water partition coefficient (Wildman–Crippen LogP) is 2.26. The first-order valence-electron chi connectivity index (χ1n) is 5.02. The molecular formula is C12H16O3S. The van der Waals surface area contributed by atoms with E-state index in [9.17, 15) is 4.79 Å². The summed E-state index contributed by atoms with van der Waals surface area (Å²) in [6, 6.07) is 7.29. The van der Waals surface area contributed by atoms with Crippen molar-refractivity contribution in [2.24, 2.45) is 0 Å². The van der Waals surface area contributed by atoms with Gasteiger partial charge in [-0.2, -0.15) is 11.8 Å². The number of hydrogen-bond donors (Lipinski definition) is 0. The van der Waals surface area contributed by atoms with Crippen molar-refractivity contribution in [1.82, 2.24) is 0 Å². The maximum absolute atomic E-state index is 11.8. The molecule has 0 aliphatic rings. The number of Topliss-reactive ketones (excluding diaryl/α,β-unsaturated/α-hetero) is 1. The molecule has 1 aromatic carbocycles. The van der Waals surface area contributed by atoms with E-state index in [4.69, 9.17) is 9.47 Å². The van der Waals surface area contributed by atoms with E-state index in [2.05, 4.69) is 0 Å². The molecule has 0 aliphatic heterocycles. The highest BCUT2D eigenvalue weighted by Gasteiger charge is 2.10. The number of ether oxygens (including phenoxy) is 2. The van der Waals surface area contributed by atoms with Crippen LogP contribution in [-0.4, -0.2) is 38.1 Å². The van der Waals surface area contributed by atoms with E-state index in [1.54, 1.807) is 38.1 Å². The average molecular weight is 240 g/mol. The monoisotopic (exact) mass is 240 g/mol. The number of rotatable bonds is 7. The van der Waals surface area contributed by atoms with Crippen LogP contribution >= 0.6 is 11.8 Å². The van der Waals surface area contributed by atoms with Crippen LogP contribution in [-0.2, 0) is 4.74 Å².